The van der Waals surface area contributed by atoms with Crippen molar-refractivity contribution in [2.24, 2.45) is 0 Å². The fraction of sp³-hybridized carbons (Fsp3) is 0.200. The van der Waals surface area contributed by atoms with Crippen molar-refractivity contribution in [2.75, 3.05) is 5.32 Å². The van der Waals surface area contributed by atoms with E-state index < -0.39 is 11.6 Å². The van der Waals surface area contributed by atoms with Gasteiger partial charge >= 0.3 is 0 Å². The van der Waals surface area contributed by atoms with Gasteiger partial charge in [0.15, 0.2) is 11.6 Å². The van der Waals surface area contributed by atoms with E-state index in [1.165, 1.54) is 17.7 Å². The van der Waals surface area contributed by atoms with Crippen LogP contribution >= 0.6 is 0 Å². The van der Waals surface area contributed by atoms with Gasteiger partial charge in [-0.2, -0.15) is 0 Å². The van der Waals surface area contributed by atoms with Crippen molar-refractivity contribution in [1.82, 2.24) is 0 Å². The first kappa shape index (κ1) is 12.6. The molecule has 2 aromatic rings. The molecular formula is C15H15F2N. The fourth-order valence-electron chi connectivity index (χ4n) is 1.91. The molecule has 94 valence electrons. The van der Waals surface area contributed by atoms with Crippen LogP contribution in [0.15, 0.2) is 42.5 Å². The summed E-state index contributed by atoms with van der Waals surface area (Å²) in [6.45, 7) is 2.56. The van der Waals surface area contributed by atoms with Crippen molar-refractivity contribution in [3.05, 3.63) is 65.2 Å². The Morgan fingerprint density at radius 2 is 1.67 bits per heavy atom. The number of hydrogen-bond acceptors (Lipinski definition) is 1. The normalized spacial score (nSPS) is 10.4. The molecule has 0 unspecified atom stereocenters. The average Bonchev–Trinajstić information content (AvgIpc) is 2.41. The molecule has 2 rings (SSSR count). The van der Waals surface area contributed by atoms with E-state index in [0.717, 1.165) is 18.1 Å². The molecular weight excluding hydrogens is 232 g/mol. The van der Waals surface area contributed by atoms with Crippen molar-refractivity contribution in [2.45, 2.75) is 19.9 Å². The molecule has 2 aromatic carbocycles. The zero-order valence-corrected chi connectivity index (χ0v) is 10.2. The highest BCUT2D eigenvalue weighted by Gasteiger charge is 2.07. The molecule has 3 heteroatoms. The van der Waals surface area contributed by atoms with E-state index >= 15 is 0 Å². The van der Waals surface area contributed by atoms with Gasteiger partial charge in [-0.1, -0.05) is 37.3 Å². The van der Waals surface area contributed by atoms with Gasteiger partial charge in [0, 0.05) is 6.54 Å². The van der Waals surface area contributed by atoms with Gasteiger partial charge in [-0.15, -0.1) is 0 Å². The lowest BCUT2D eigenvalue weighted by Crippen LogP contribution is -2.04. The maximum Gasteiger partial charge on any atom is 0.181 e. The largest absolute Gasteiger partial charge is 0.379 e. The van der Waals surface area contributed by atoms with Crippen LogP contribution in [0.1, 0.15) is 18.1 Å². The summed E-state index contributed by atoms with van der Waals surface area (Å²) >= 11 is 0. The second kappa shape index (κ2) is 5.63. The topological polar surface area (TPSA) is 12.0 Å². The summed E-state index contributed by atoms with van der Waals surface area (Å²) < 4.78 is 26.5. The van der Waals surface area contributed by atoms with Crippen LogP contribution < -0.4 is 5.32 Å². The third kappa shape index (κ3) is 2.67. The minimum atomic E-state index is -0.830. The Bertz CT molecular complexity index is 538. The number of rotatable bonds is 4. The van der Waals surface area contributed by atoms with Crippen molar-refractivity contribution in [3.8, 4) is 0 Å². The van der Waals surface area contributed by atoms with Crippen molar-refractivity contribution < 1.29 is 8.78 Å². The molecule has 0 bridgehead atoms. The molecule has 1 N–H and O–H groups in total. The highest BCUT2D eigenvalue weighted by molar-refractivity contribution is 5.46. The molecule has 0 spiro atoms. The van der Waals surface area contributed by atoms with Crippen LogP contribution in [-0.2, 0) is 13.0 Å². The second-order valence-electron chi connectivity index (χ2n) is 4.08. The van der Waals surface area contributed by atoms with Gasteiger partial charge in [-0.25, -0.2) is 8.78 Å². The fourth-order valence-corrected chi connectivity index (χ4v) is 1.91. The van der Waals surface area contributed by atoms with Crippen molar-refractivity contribution in [1.29, 1.82) is 0 Å². The Balaban J connectivity index is 2.14. The van der Waals surface area contributed by atoms with E-state index in [9.17, 15) is 8.78 Å². The van der Waals surface area contributed by atoms with Gasteiger partial charge < -0.3 is 5.32 Å². The molecule has 0 fully saturated rings. The number of aryl methyl sites for hydroxylation is 1. The van der Waals surface area contributed by atoms with Crippen LogP contribution in [0.5, 0.6) is 0 Å². The molecule has 0 saturated heterocycles. The van der Waals surface area contributed by atoms with Crippen LogP contribution in [0.2, 0.25) is 0 Å². The van der Waals surface area contributed by atoms with Crippen LogP contribution in [0.3, 0.4) is 0 Å². The summed E-state index contributed by atoms with van der Waals surface area (Å²) in [5.74, 6) is -1.66. The predicted octanol–water partition coefficient (Wildman–Crippen LogP) is 4.14. The first-order valence-electron chi connectivity index (χ1n) is 5.97. The molecule has 0 aliphatic carbocycles. The molecule has 0 atom stereocenters. The molecule has 1 nitrogen and oxygen atoms in total. The highest BCUT2D eigenvalue weighted by Crippen LogP contribution is 2.18. The summed E-state index contributed by atoms with van der Waals surface area (Å²) in [6.07, 6.45) is 0.920. The summed E-state index contributed by atoms with van der Waals surface area (Å²) in [5, 5.41) is 2.93. The lowest BCUT2D eigenvalue weighted by Gasteiger charge is -2.11. The van der Waals surface area contributed by atoms with Crippen LogP contribution in [-0.4, -0.2) is 0 Å². The molecule has 0 saturated carbocycles. The van der Waals surface area contributed by atoms with Gasteiger partial charge in [0.1, 0.15) is 0 Å². The number of anilines is 1. The Hall–Kier alpha value is -1.90. The summed E-state index contributed by atoms with van der Waals surface area (Å²) in [6, 6.07) is 12.1. The maximum atomic E-state index is 13.4. The van der Waals surface area contributed by atoms with Crippen LogP contribution in [0.25, 0.3) is 0 Å². The second-order valence-corrected chi connectivity index (χ2v) is 4.08. The quantitative estimate of drug-likeness (QED) is 0.856. The molecule has 18 heavy (non-hydrogen) atoms. The summed E-state index contributed by atoms with van der Waals surface area (Å²) in [5.41, 5.74) is 2.51. The number of hydrogen-bond donors (Lipinski definition) is 1. The predicted molar refractivity (Wildman–Crippen MR) is 69.5 cm³/mol. The maximum absolute atomic E-state index is 13.4. The number of halogens is 2. The highest BCUT2D eigenvalue weighted by atomic mass is 19.2. The monoisotopic (exact) mass is 247 g/mol. The molecule has 0 heterocycles. The number of nitrogens with one attached hydrogen (secondary N) is 1. The van der Waals surface area contributed by atoms with E-state index in [0.29, 0.717) is 6.54 Å². The Morgan fingerprint density at radius 3 is 2.39 bits per heavy atom. The Labute approximate surface area is 105 Å². The Morgan fingerprint density at radius 1 is 0.944 bits per heavy atom. The zero-order valence-electron chi connectivity index (χ0n) is 10.2. The van der Waals surface area contributed by atoms with Gasteiger partial charge in [0.2, 0.25) is 0 Å². The van der Waals surface area contributed by atoms with Crippen molar-refractivity contribution >= 4 is 5.69 Å². The summed E-state index contributed by atoms with van der Waals surface area (Å²) in [4.78, 5) is 0. The van der Waals surface area contributed by atoms with Crippen LogP contribution in [0, 0.1) is 11.6 Å². The van der Waals surface area contributed by atoms with E-state index in [2.05, 4.69) is 12.2 Å². The summed E-state index contributed by atoms with van der Waals surface area (Å²) in [7, 11) is 0. The first-order chi connectivity index (χ1) is 8.72. The first-order valence-corrected chi connectivity index (χ1v) is 5.97. The SMILES string of the molecule is CCc1ccccc1CNc1cccc(F)c1F. The lowest BCUT2D eigenvalue weighted by molar-refractivity contribution is 0.511. The lowest BCUT2D eigenvalue weighted by atomic mass is 10.1. The van der Waals surface area contributed by atoms with E-state index in [-0.39, 0.29) is 5.69 Å². The zero-order chi connectivity index (χ0) is 13.0. The molecule has 0 radical (unpaired) electrons. The minimum Gasteiger partial charge on any atom is -0.379 e. The van der Waals surface area contributed by atoms with Gasteiger partial charge in [-0.3, -0.25) is 0 Å². The Kier molecular flexibility index (Phi) is 3.92. The van der Waals surface area contributed by atoms with Gasteiger partial charge in [0.05, 0.1) is 5.69 Å². The van der Waals surface area contributed by atoms with E-state index in [4.69, 9.17) is 0 Å². The molecule has 0 amide bonds. The van der Waals surface area contributed by atoms with Crippen molar-refractivity contribution in [3.63, 3.8) is 0 Å². The number of benzene rings is 2. The van der Waals surface area contributed by atoms with Gasteiger partial charge in [0.25, 0.3) is 0 Å². The smallest absolute Gasteiger partial charge is 0.181 e. The van der Waals surface area contributed by atoms with E-state index in [1.54, 1.807) is 0 Å². The minimum absolute atomic E-state index is 0.195. The van der Waals surface area contributed by atoms with Crippen LogP contribution in [0.4, 0.5) is 14.5 Å². The molecule has 0 aliphatic rings. The van der Waals surface area contributed by atoms with Gasteiger partial charge in [-0.05, 0) is 29.7 Å². The standard InChI is InChI=1S/C15H15F2N/c1-2-11-6-3-4-7-12(11)10-18-14-9-5-8-13(16)15(14)17/h3-9,18H,2,10H2,1H3. The third-order valence-corrected chi connectivity index (χ3v) is 2.92. The molecule has 0 aliphatic heterocycles. The average molecular weight is 247 g/mol. The van der Waals surface area contributed by atoms with E-state index in [1.807, 2.05) is 24.3 Å². The third-order valence-electron chi connectivity index (χ3n) is 2.92. The molecule has 0 aromatic heterocycles.